The van der Waals surface area contributed by atoms with E-state index in [9.17, 15) is 26.8 Å². The molecular weight excluding hydrogens is 342 g/mol. The number of carbonyl (C=O) groups is 2. The van der Waals surface area contributed by atoms with Gasteiger partial charge < -0.3 is 10.6 Å². The summed E-state index contributed by atoms with van der Waals surface area (Å²) in [7, 11) is -3.11. The van der Waals surface area contributed by atoms with Gasteiger partial charge >= 0.3 is 5.92 Å². The number of sulfone groups is 1. The van der Waals surface area contributed by atoms with E-state index in [1.165, 1.54) is 12.1 Å². The average molecular weight is 360 g/mol. The first kappa shape index (κ1) is 18.3. The van der Waals surface area contributed by atoms with E-state index in [0.29, 0.717) is 6.42 Å². The summed E-state index contributed by atoms with van der Waals surface area (Å²) in [5.41, 5.74) is -0.428. The highest BCUT2D eigenvalue weighted by Gasteiger charge is 2.40. The van der Waals surface area contributed by atoms with E-state index in [2.05, 4.69) is 5.32 Å². The fraction of sp³-hybridized carbons (Fsp3) is 0.467. The van der Waals surface area contributed by atoms with Gasteiger partial charge in [0.05, 0.1) is 11.5 Å². The molecule has 0 saturated carbocycles. The summed E-state index contributed by atoms with van der Waals surface area (Å²) in [5.74, 6) is -5.74. The van der Waals surface area contributed by atoms with Gasteiger partial charge in [-0.3, -0.25) is 9.59 Å². The minimum atomic E-state index is -3.68. The van der Waals surface area contributed by atoms with Crippen molar-refractivity contribution in [1.29, 1.82) is 0 Å². The van der Waals surface area contributed by atoms with E-state index in [-0.39, 0.29) is 24.5 Å². The van der Waals surface area contributed by atoms with Crippen LogP contribution in [0.5, 0.6) is 0 Å². The maximum Gasteiger partial charge on any atom is 0.349 e. The van der Waals surface area contributed by atoms with Crippen molar-refractivity contribution in [3.63, 3.8) is 0 Å². The molecule has 24 heavy (non-hydrogen) atoms. The molecule has 0 spiro atoms. The van der Waals surface area contributed by atoms with Gasteiger partial charge in [-0.15, -0.1) is 0 Å². The largest absolute Gasteiger partial charge is 0.352 e. The van der Waals surface area contributed by atoms with Crippen molar-refractivity contribution in [1.82, 2.24) is 10.6 Å². The summed E-state index contributed by atoms with van der Waals surface area (Å²) in [5, 5.41) is 4.55. The quantitative estimate of drug-likeness (QED) is 0.777. The zero-order chi connectivity index (χ0) is 17.8. The molecule has 0 unspecified atom stereocenters. The second-order valence-corrected chi connectivity index (χ2v) is 7.84. The number of carbonyl (C=O) groups excluding carboxylic acids is 2. The molecule has 1 aliphatic rings. The fourth-order valence-electron chi connectivity index (χ4n) is 2.39. The molecule has 1 saturated heterocycles. The Morgan fingerprint density at radius 1 is 1.21 bits per heavy atom. The number of rotatable bonds is 6. The van der Waals surface area contributed by atoms with Crippen LogP contribution in [0.4, 0.5) is 8.78 Å². The van der Waals surface area contributed by atoms with E-state index >= 15 is 0 Å². The lowest BCUT2D eigenvalue weighted by atomic mass is 10.1. The molecule has 0 aromatic heterocycles. The number of hydrogen-bond donors (Lipinski definition) is 2. The minimum absolute atomic E-state index is 0.0258. The first-order valence-corrected chi connectivity index (χ1v) is 9.24. The third-order valence-corrected chi connectivity index (χ3v) is 5.42. The Balaban J connectivity index is 1.77. The smallest absolute Gasteiger partial charge is 0.349 e. The molecule has 1 fully saturated rings. The van der Waals surface area contributed by atoms with E-state index in [1.54, 1.807) is 6.07 Å². The minimum Gasteiger partial charge on any atom is -0.352 e. The van der Waals surface area contributed by atoms with Crippen LogP contribution in [0.15, 0.2) is 30.3 Å². The van der Waals surface area contributed by atoms with Gasteiger partial charge in [-0.25, -0.2) is 8.42 Å². The lowest BCUT2D eigenvalue weighted by molar-refractivity contribution is -0.147. The van der Waals surface area contributed by atoms with Gasteiger partial charge in [-0.05, 0) is 6.42 Å². The summed E-state index contributed by atoms with van der Waals surface area (Å²) < 4.78 is 50.4. The second-order valence-electron chi connectivity index (χ2n) is 5.61. The lowest BCUT2D eigenvalue weighted by Gasteiger charge is -2.16. The van der Waals surface area contributed by atoms with Crippen LogP contribution in [0.25, 0.3) is 0 Å². The molecule has 1 aliphatic heterocycles. The van der Waals surface area contributed by atoms with E-state index in [4.69, 9.17) is 0 Å². The predicted molar refractivity (Wildman–Crippen MR) is 83.2 cm³/mol. The standard InChI is InChI=1S/C15H18F2N2O4S/c16-15(17,11-4-2-1-3-5-11)14(21)18-8-6-13(20)19-12-7-9-24(22,23)10-12/h1-5,12H,6-10H2,(H,18,21)(H,19,20)/t12-/m1/s1. The topological polar surface area (TPSA) is 92.3 Å². The third-order valence-electron chi connectivity index (χ3n) is 3.66. The molecule has 0 bridgehead atoms. The van der Waals surface area contributed by atoms with E-state index in [1.807, 2.05) is 5.32 Å². The lowest BCUT2D eigenvalue weighted by Crippen LogP contribution is -2.41. The molecule has 9 heteroatoms. The van der Waals surface area contributed by atoms with Gasteiger partial charge in [-0.2, -0.15) is 8.78 Å². The molecule has 1 aromatic carbocycles. The zero-order valence-electron chi connectivity index (χ0n) is 12.8. The number of hydrogen-bond acceptors (Lipinski definition) is 4. The molecule has 6 nitrogen and oxygen atoms in total. The second kappa shape index (κ2) is 7.25. The zero-order valence-corrected chi connectivity index (χ0v) is 13.6. The Morgan fingerprint density at radius 2 is 1.88 bits per heavy atom. The predicted octanol–water partition coefficient (Wildman–Crippen LogP) is 0.588. The number of halogens is 2. The van der Waals surface area contributed by atoms with Crippen LogP contribution in [-0.2, 0) is 25.3 Å². The monoisotopic (exact) mass is 360 g/mol. The summed E-state index contributed by atoms with van der Waals surface area (Å²) >= 11 is 0. The van der Waals surface area contributed by atoms with Crippen molar-refractivity contribution >= 4 is 21.7 Å². The van der Waals surface area contributed by atoms with Gasteiger partial charge in [-0.1, -0.05) is 30.3 Å². The average Bonchev–Trinajstić information content (AvgIpc) is 2.86. The number of benzene rings is 1. The van der Waals surface area contributed by atoms with Gasteiger partial charge in [0.15, 0.2) is 9.84 Å². The van der Waals surface area contributed by atoms with Crippen molar-refractivity contribution in [3.05, 3.63) is 35.9 Å². The SMILES string of the molecule is O=C(CCNC(=O)C(F)(F)c1ccccc1)N[C@@H]1CCS(=O)(=O)C1. The molecule has 1 atom stereocenters. The van der Waals surface area contributed by atoms with Crippen LogP contribution in [0.3, 0.4) is 0 Å². The normalized spacial score (nSPS) is 19.7. The van der Waals surface area contributed by atoms with Gasteiger partial charge in [0, 0.05) is 24.6 Å². The molecule has 0 aliphatic carbocycles. The molecular formula is C15H18F2N2O4S. The van der Waals surface area contributed by atoms with E-state index < -0.39 is 39.2 Å². The van der Waals surface area contributed by atoms with Gasteiger partial charge in [0.25, 0.3) is 5.91 Å². The third kappa shape index (κ3) is 4.73. The van der Waals surface area contributed by atoms with Crippen molar-refractivity contribution < 1.29 is 26.8 Å². The Bertz CT molecular complexity index is 707. The highest BCUT2D eigenvalue weighted by atomic mass is 32.2. The maximum absolute atomic E-state index is 13.9. The van der Waals surface area contributed by atoms with Crippen molar-refractivity contribution in [2.24, 2.45) is 0 Å². The van der Waals surface area contributed by atoms with Crippen LogP contribution < -0.4 is 10.6 Å². The summed E-state index contributed by atoms with van der Waals surface area (Å²) in [6, 6.07) is 6.20. The highest BCUT2D eigenvalue weighted by molar-refractivity contribution is 7.91. The van der Waals surface area contributed by atoms with Crippen molar-refractivity contribution in [2.75, 3.05) is 18.1 Å². The Kier molecular flexibility index (Phi) is 5.53. The molecule has 1 aromatic rings. The van der Waals surface area contributed by atoms with Crippen LogP contribution in [0.2, 0.25) is 0 Å². The Hall–Kier alpha value is -2.03. The highest BCUT2D eigenvalue weighted by Crippen LogP contribution is 2.27. The van der Waals surface area contributed by atoms with Crippen molar-refractivity contribution in [2.45, 2.75) is 24.8 Å². The van der Waals surface area contributed by atoms with E-state index in [0.717, 1.165) is 12.1 Å². The molecule has 0 radical (unpaired) electrons. The van der Waals surface area contributed by atoms with Crippen molar-refractivity contribution in [3.8, 4) is 0 Å². The number of amides is 2. The van der Waals surface area contributed by atoms with Crippen LogP contribution in [0.1, 0.15) is 18.4 Å². The molecule has 132 valence electrons. The van der Waals surface area contributed by atoms with Crippen LogP contribution in [0, 0.1) is 0 Å². The summed E-state index contributed by atoms with van der Waals surface area (Å²) in [6.07, 6.45) is 0.139. The van der Waals surface area contributed by atoms with Gasteiger partial charge in [0.2, 0.25) is 5.91 Å². The van der Waals surface area contributed by atoms with Crippen LogP contribution >= 0.6 is 0 Å². The number of alkyl halides is 2. The maximum atomic E-state index is 13.9. The summed E-state index contributed by atoms with van der Waals surface area (Å²) in [6.45, 7) is -0.257. The molecule has 1 heterocycles. The fourth-order valence-corrected chi connectivity index (χ4v) is 4.06. The summed E-state index contributed by atoms with van der Waals surface area (Å²) in [4.78, 5) is 23.3. The molecule has 2 rings (SSSR count). The number of nitrogens with one attached hydrogen (secondary N) is 2. The molecule has 2 amide bonds. The first-order chi connectivity index (χ1) is 11.2. The first-order valence-electron chi connectivity index (χ1n) is 7.42. The molecule has 2 N–H and O–H groups in total. The van der Waals surface area contributed by atoms with Gasteiger partial charge in [0.1, 0.15) is 0 Å². The van der Waals surface area contributed by atoms with Crippen LogP contribution in [-0.4, -0.2) is 44.3 Å². The Labute approximate surface area is 138 Å². The Morgan fingerprint density at radius 3 is 2.46 bits per heavy atom.